The summed E-state index contributed by atoms with van der Waals surface area (Å²) in [5.41, 5.74) is 3.50. The maximum atomic E-state index is 12.7. The Balaban J connectivity index is 1.69. The Morgan fingerprint density at radius 3 is 2.60 bits per heavy atom. The van der Waals surface area contributed by atoms with E-state index in [0.717, 1.165) is 30.8 Å². The van der Waals surface area contributed by atoms with Crippen molar-refractivity contribution in [2.45, 2.75) is 31.9 Å². The molecular weight excluding hydrogens is 265 g/mol. The van der Waals surface area contributed by atoms with E-state index in [4.69, 9.17) is 0 Å². The normalized spacial score (nSPS) is 20.4. The van der Waals surface area contributed by atoms with Crippen LogP contribution in [0.2, 0.25) is 0 Å². The Morgan fingerprint density at radius 1 is 1.15 bits per heavy atom. The zero-order chi connectivity index (χ0) is 14.2. The van der Waals surface area contributed by atoms with E-state index in [1.807, 2.05) is 6.07 Å². The third kappa shape index (κ3) is 2.72. The van der Waals surface area contributed by atoms with E-state index < -0.39 is 12.1 Å². The molecule has 1 aromatic rings. The standard InChI is InChI=1S/C15H19F3N2/c16-15(17,18)12-5-8-20(9-6-12)13-4-3-11-2-1-7-19-14(11)10-13/h3-4,10,12,19H,1-2,5-9H2. The van der Waals surface area contributed by atoms with E-state index in [9.17, 15) is 13.2 Å². The number of benzene rings is 1. The lowest BCUT2D eigenvalue weighted by Gasteiger charge is -2.35. The number of anilines is 2. The van der Waals surface area contributed by atoms with E-state index in [0.29, 0.717) is 13.1 Å². The van der Waals surface area contributed by atoms with Gasteiger partial charge in [-0.3, -0.25) is 0 Å². The van der Waals surface area contributed by atoms with Crippen LogP contribution in [0.5, 0.6) is 0 Å². The molecule has 1 saturated heterocycles. The fourth-order valence-electron chi connectivity index (χ4n) is 3.11. The van der Waals surface area contributed by atoms with Gasteiger partial charge in [-0.05, 0) is 43.4 Å². The van der Waals surface area contributed by atoms with Crippen molar-refractivity contribution in [2.75, 3.05) is 29.9 Å². The quantitative estimate of drug-likeness (QED) is 0.843. The number of nitrogens with one attached hydrogen (secondary N) is 1. The second-order valence-electron chi connectivity index (χ2n) is 5.67. The molecule has 20 heavy (non-hydrogen) atoms. The molecule has 2 nitrogen and oxygen atoms in total. The predicted molar refractivity (Wildman–Crippen MR) is 74.2 cm³/mol. The highest BCUT2D eigenvalue weighted by Crippen LogP contribution is 2.36. The second kappa shape index (κ2) is 5.19. The summed E-state index contributed by atoms with van der Waals surface area (Å²) in [5, 5.41) is 3.37. The zero-order valence-electron chi connectivity index (χ0n) is 11.3. The summed E-state index contributed by atoms with van der Waals surface area (Å²) >= 11 is 0. The lowest BCUT2D eigenvalue weighted by molar-refractivity contribution is -0.179. The van der Waals surface area contributed by atoms with Gasteiger partial charge >= 0.3 is 6.18 Å². The largest absolute Gasteiger partial charge is 0.391 e. The van der Waals surface area contributed by atoms with Gasteiger partial charge in [-0.2, -0.15) is 13.2 Å². The minimum Gasteiger partial charge on any atom is -0.385 e. The lowest BCUT2D eigenvalue weighted by Crippen LogP contribution is -2.39. The van der Waals surface area contributed by atoms with Crippen LogP contribution in [0.15, 0.2) is 18.2 Å². The highest BCUT2D eigenvalue weighted by Gasteiger charge is 2.41. The molecular formula is C15H19F3N2. The van der Waals surface area contributed by atoms with E-state index in [2.05, 4.69) is 22.3 Å². The molecule has 1 N–H and O–H groups in total. The summed E-state index contributed by atoms with van der Waals surface area (Å²) in [5.74, 6) is -1.13. The smallest absolute Gasteiger partial charge is 0.385 e. The number of piperidine rings is 1. The summed E-state index contributed by atoms with van der Waals surface area (Å²) < 4.78 is 38.0. The van der Waals surface area contributed by atoms with E-state index in [1.54, 1.807) is 0 Å². The predicted octanol–water partition coefficient (Wildman–Crippen LogP) is 3.82. The maximum absolute atomic E-state index is 12.7. The fourth-order valence-corrected chi connectivity index (χ4v) is 3.11. The number of aryl methyl sites for hydroxylation is 1. The molecule has 110 valence electrons. The first-order valence-electron chi connectivity index (χ1n) is 7.22. The van der Waals surface area contributed by atoms with Gasteiger partial charge < -0.3 is 10.2 Å². The molecule has 0 bridgehead atoms. The number of rotatable bonds is 1. The summed E-state index contributed by atoms with van der Waals surface area (Å²) in [6.07, 6.45) is -1.41. The van der Waals surface area contributed by atoms with Crippen molar-refractivity contribution >= 4 is 11.4 Å². The summed E-state index contributed by atoms with van der Waals surface area (Å²) in [6.45, 7) is 1.96. The van der Waals surface area contributed by atoms with Crippen molar-refractivity contribution in [2.24, 2.45) is 5.92 Å². The number of alkyl halides is 3. The number of halogens is 3. The minimum absolute atomic E-state index is 0.202. The summed E-state index contributed by atoms with van der Waals surface area (Å²) in [7, 11) is 0. The van der Waals surface area contributed by atoms with Crippen molar-refractivity contribution in [1.29, 1.82) is 0 Å². The molecule has 2 heterocycles. The molecule has 2 aliphatic heterocycles. The Bertz CT molecular complexity index is 476. The van der Waals surface area contributed by atoms with Gasteiger partial charge in [0.25, 0.3) is 0 Å². The number of fused-ring (bicyclic) bond motifs is 1. The van der Waals surface area contributed by atoms with Crippen LogP contribution in [0.3, 0.4) is 0 Å². The van der Waals surface area contributed by atoms with Crippen molar-refractivity contribution in [3.05, 3.63) is 23.8 Å². The van der Waals surface area contributed by atoms with Crippen LogP contribution in [-0.2, 0) is 6.42 Å². The number of hydrogen-bond donors (Lipinski definition) is 1. The van der Waals surface area contributed by atoms with Gasteiger partial charge in [0.1, 0.15) is 0 Å². The molecule has 0 atom stereocenters. The summed E-state index contributed by atoms with van der Waals surface area (Å²) in [4.78, 5) is 2.07. The Morgan fingerprint density at radius 2 is 1.90 bits per heavy atom. The van der Waals surface area contributed by atoms with Gasteiger partial charge in [0, 0.05) is 31.0 Å². The highest BCUT2D eigenvalue weighted by atomic mass is 19.4. The molecule has 0 aliphatic carbocycles. The Hall–Kier alpha value is -1.39. The average molecular weight is 284 g/mol. The van der Waals surface area contributed by atoms with Crippen molar-refractivity contribution < 1.29 is 13.2 Å². The van der Waals surface area contributed by atoms with Crippen LogP contribution in [0.4, 0.5) is 24.5 Å². The first kappa shape index (κ1) is 13.6. The molecule has 5 heteroatoms. The SMILES string of the molecule is FC(F)(F)C1CCN(c2ccc3c(c2)NCCC3)CC1. The van der Waals surface area contributed by atoms with Crippen LogP contribution in [0, 0.1) is 5.92 Å². The Labute approximate surface area is 117 Å². The van der Waals surface area contributed by atoms with Gasteiger partial charge in [-0.15, -0.1) is 0 Å². The zero-order valence-corrected chi connectivity index (χ0v) is 11.3. The first-order valence-corrected chi connectivity index (χ1v) is 7.22. The van der Waals surface area contributed by atoms with Gasteiger partial charge in [0.05, 0.1) is 5.92 Å². The summed E-state index contributed by atoms with van der Waals surface area (Å²) in [6, 6.07) is 6.23. The molecule has 0 spiro atoms. The molecule has 0 radical (unpaired) electrons. The van der Waals surface area contributed by atoms with Gasteiger partial charge in [0.2, 0.25) is 0 Å². The van der Waals surface area contributed by atoms with Crippen LogP contribution < -0.4 is 10.2 Å². The lowest BCUT2D eigenvalue weighted by atomic mass is 9.95. The number of hydrogen-bond acceptors (Lipinski definition) is 2. The van der Waals surface area contributed by atoms with Crippen LogP contribution in [0.1, 0.15) is 24.8 Å². The second-order valence-corrected chi connectivity index (χ2v) is 5.67. The third-order valence-corrected chi connectivity index (χ3v) is 4.35. The molecule has 1 aromatic carbocycles. The monoisotopic (exact) mass is 284 g/mol. The average Bonchev–Trinajstić information content (AvgIpc) is 2.46. The maximum Gasteiger partial charge on any atom is 0.391 e. The molecule has 3 rings (SSSR count). The van der Waals surface area contributed by atoms with Crippen LogP contribution in [0.25, 0.3) is 0 Å². The van der Waals surface area contributed by atoms with Gasteiger partial charge in [0.15, 0.2) is 0 Å². The first-order chi connectivity index (χ1) is 9.54. The topological polar surface area (TPSA) is 15.3 Å². The fraction of sp³-hybridized carbons (Fsp3) is 0.600. The molecule has 1 fully saturated rings. The third-order valence-electron chi connectivity index (χ3n) is 4.35. The van der Waals surface area contributed by atoms with Crippen LogP contribution in [-0.4, -0.2) is 25.8 Å². The van der Waals surface area contributed by atoms with E-state index in [1.165, 1.54) is 5.56 Å². The van der Waals surface area contributed by atoms with Gasteiger partial charge in [-0.25, -0.2) is 0 Å². The van der Waals surface area contributed by atoms with Gasteiger partial charge in [-0.1, -0.05) is 6.07 Å². The molecule has 0 aromatic heterocycles. The molecule has 2 aliphatic rings. The van der Waals surface area contributed by atoms with E-state index in [-0.39, 0.29) is 12.8 Å². The number of nitrogens with zero attached hydrogens (tertiary/aromatic N) is 1. The molecule has 0 unspecified atom stereocenters. The van der Waals surface area contributed by atoms with Crippen molar-refractivity contribution in [1.82, 2.24) is 0 Å². The molecule has 0 amide bonds. The van der Waals surface area contributed by atoms with E-state index >= 15 is 0 Å². The molecule has 0 saturated carbocycles. The Kier molecular flexibility index (Phi) is 3.52. The van der Waals surface area contributed by atoms with Crippen LogP contribution >= 0.6 is 0 Å². The minimum atomic E-state index is -4.04. The highest BCUT2D eigenvalue weighted by molar-refractivity contribution is 5.63. The van der Waals surface area contributed by atoms with Crippen molar-refractivity contribution in [3.8, 4) is 0 Å². The van der Waals surface area contributed by atoms with Crippen molar-refractivity contribution in [3.63, 3.8) is 0 Å².